The number of rotatable bonds is 5. The van der Waals surface area contributed by atoms with Gasteiger partial charge in [0.2, 0.25) is 0 Å². The second-order valence-corrected chi connectivity index (χ2v) is 4.46. The summed E-state index contributed by atoms with van der Waals surface area (Å²) in [4.78, 5) is 21.6. The van der Waals surface area contributed by atoms with Gasteiger partial charge in [0.1, 0.15) is 10.9 Å². The maximum absolute atomic E-state index is 11.4. The van der Waals surface area contributed by atoms with Crippen LogP contribution in [-0.4, -0.2) is 29.5 Å². The average molecular weight is 281 g/mol. The average Bonchev–Trinajstić information content (AvgIpc) is 2.12. The Bertz CT molecular complexity index is 227. The van der Waals surface area contributed by atoms with Gasteiger partial charge in [-0.2, -0.15) is 0 Å². The fourth-order valence-electron chi connectivity index (χ4n) is 1.08. The van der Waals surface area contributed by atoms with Gasteiger partial charge in [0.05, 0.1) is 6.61 Å². The van der Waals surface area contributed by atoms with Gasteiger partial charge < -0.3 is 9.47 Å². The first-order valence-corrected chi connectivity index (χ1v) is 5.79. The molecular weight excluding hydrogens is 264 g/mol. The van der Waals surface area contributed by atoms with Crippen LogP contribution < -0.4 is 0 Å². The molecule has 0 aliphatic heterocycles. The van der Waals surface area contributed by atoms with Gasteiger partial charge >= 0.3 is 11.9 Å². The molecule has 0 aromatic heterocycles. The molecule has 0 fully saturated rings. The summed E-state index contributed by atoms with van der Waals surface area (Å²) in [6.45, 7) is 7.11. The van der Waals surface area contributed by atoms with Gasteiger partial charge in [0.15, 0.2) is 0 Å². The lowest BCUT2D eigenvalue weighted by molar-refractivity contribution is -0.154. The zero-order valence-corrected chi connectivity index (χ0v) is 11.0. The Kier molecular flexibility index (Phi) is 6.56. The van der Waals surface area contributed by atoms with Crippen molar-refractivity contribution in [2.45, 2.75) is 38.6 Å². The normalized spacial score (nSPS) is 14.5. The smallest absolute Gasteiger partial charge is 0.323 e. The molecule has 0 aromatic rings. The Morgan fingerprint density at radius 2 is 1.87 bits per heavy atom. The van der Waals surface area contributed by atoms with Crippen LogP contribution in [0.4, 0.5) is 0 Å². The van der Waals surface area contributed by atoms with E-state index in [1.807, 2.05) is 13.8 Å². The number of hydrogen-bond acceptors (Lipinski definition) is 4. The fraction of sp³-hybridized carbons (Fsp3) is 0.800. The molecule has 0 bridgehead atoms. The number of carbonyl (C=O) groups excluding carboxylic acids is 2. The predicted octanol–water partition coefficient (Wildman–Crippen LogP) is 1.90. The summed E-state index contributed by atoms with van der Waals surface area (Å²) >= 11 is 3.19. The lowest BCUT2D eigenvalue weighted by Gasteiger charge is -2.24. The SMILES string of the molecule is CCOC(=O)C(Br)C(OC(C)=O)C(C)C. The van der Waals surface area contributed by atoms with Gasteiger partial charge in [0.25, 0.3) is 0 Å². The molecule has 0 aliphatic carbocycles. The molecule has 2 unspecified atom stereocenters. The van der Waals surface area contributed by atoms with Crippen molar-refractivity contribution in [2.24, 2.45) is 5.92 Å². The molecule has 88 valence electrons. The van der Waals surface area contributed by atoms with Crippen molar-refractivity contribution in [3.63, 3.8) is 0 Å². The van der Waals surface area contributed by atoms with Gasteiger partial charge in [-0.3, -0.25) is 9.59 Å². The van der Waals surface area contributed by atoms with E-state index in [0.717, 1.165) is 0 Å². The second-order valence-electron chi connectivity index (χ2n) is 3.47. The standard InChI is InChI=1S/C10H17BrO4/c1-5-14-10(13)8(11)9(6(2)3)15-7(4)12/h6,8-9H,5H2,1-4H3. The molecule has 5 heteroatoms. The van der Waals surface area contributed by atoms with Gasteiger partial charge in [-0.15, -0.1) is 0 Å². The molecule has 15 heavy (non-hydrogen) atoms. The van der Waals surface area contributed by atoms with Crippen LogP contribution >= 0.6 is 15.9 Å². The fourth-order valence-corrected chi connectivity index (χ4v) is 1.93. The third-order valence-electron chi connectivity index (χ3n) is 1.76. The lowest BCUT2D eigenvalue weighted by Crippen LogP contribution is -2.37. The van der Waals surface area contributed by atoms with Crippen molar-refractivity contribution in [1.29, 1.82) is 0 Å². The zero-order valence-electron chi connectivity index (χ0n) is 9.45. The summed E-state index contributed by atoms with van der Waals surface area (Å²) in [5.74, 6) is -0.762. The van der Waals surface area contributed by atoms with E-state index >= 15 is 0 Å². The molecule has 0 heterocycles. The van der Waals surface area contributed by atoms with Gasteiger partial charge in [-0.25, -0.2) is 0 Å². The van der Waals surface area contributed by atoms with Crippen LogP contribution in [0.25, 0.3) is 0 Å². The highest BCUT2D eigenvalue weighted by atomic mass is 79.9. The zero-order chi connectivity index (χ0) is 12.0. The highest BCUT2D eigenvalue weighted by Crippen LogP contribution is 2.19. The molecule has 0 aliphatic rings. The molecule has 0 amide bonds. The van der Waals surface area contributed by atoms with Crippen LogP contribution in [-0.2, 0) is 19.1 Å². The van der Waals surface area contributed by atoms with Crippen LogP contribution in [0.2, 0.25) is 0 Å². The monoisotopic (exact) mass is 280 g/mol. The minimum atomic E-state index is -0.610. The van der Waals surface area contributed by atoms with Crippen molar-refractivity contribution in [3.05, 3.63) is 0 Å². The van der Waals surface area contributed by atoms with Crippen molar-refractivity contribution in [1.82, 2.24) is 0 Å². The van der Waals surface area contributed by atoms with Crippen LogP contribution in [0.5, 0.6) is 0 Å². The Balaban J connectivity index is 4.47. The number of carbonyl (C=O) groups is 2. The van der Waals surface area contributed by atoms with Gasteiger partial charge in [-0.1, -0.05) is 29.8 Å². The molecule has 0 N–H and O–H groups in total. The molecule has 0 radical (unpaired) electrons. The van der Waals surface area contributed by atoms with E-state index in [4.69, 9.17) is 9.47 Å². The quantitative estimate of drug-likeness (QED) is 0.570. The maximum atomic E-state index is 11.4. The third kappa shape index (κ3) is 5.16. The highest BCUT2D eigenvalue weighted by Gasteiger charge is 2.31. The number of halogens is 1. The summed E-state index contributed by atoms with van der Waals surface area (Å²) in [5.41, 5.74) is 0. The topological polar surface area (TPSA) is 52.6 Å². The van der Waals surface area contributed by atoms with Crippen LogP contribution in [0.15, 0.2) is 0 Å². The Morgan fingerprint density at radius 3 is 2.20 bits per heavy atom. The van der Waals surface area contributed by atoms with E-state index in [9.17, 15) is 9.59 Å². The molecular formula is C10H17BrO4. The van der Waals surface area contributed by atoms with Crippen molar-refractivity contribution < 1.29 is 19.1 Å². The molecule has 2 atom stereocenters. The van der Waals surface area contributed by atoms with E-state index < -0.39 is 22.9 Å². The predicted molar refractivity (Wildman–Crippen MR) is 59.7 cm³/mol. The minimum Gasteiger partial charge on any atom is -0.465 e. The van der Waals surface area contributed by atoms with Crippen LogP contribution in [0.1, 0.15) is 27.7 Å². The number of ether oxygens (including phenoxy) is 2. The number of alkyl halides is 1. The number of hydrogen-bond donors (Lipinski definition) is 0. The molecule has 0 saturated heterocycles. The molecule has 4 nitrogen and oxygen atoms in total. The highest BCUT2D eigenvalue weighted by molar-refractivity contribution is 9.10. The van der Waals surface area contributed by atoms with Crippen LogP contribution in [0.3, 0.4) is 0 Å². The number of esters is 2. The van der Waals surface area contributed by atoms with Crippen LogP contribution in [0, 0.1) is 5.92 Å². The molecule has 0 spiro atoms. The van der Waals surface area contributed by atoms with E-state index in [-0.39, 0.29) is 5.92 Å². The largest absolute Gasteiger partial charge is 0.465 e. The second kappa shape index (κ2) is 6.82. The minimum absolute atomic E-state index is 0.0441. The Hall–Kier alpha value is -0.580. The molecule has 0 aromatic carbocycles. The molecule has 0 rings (SSSR count). The molecule has 0 saturated carbocycles. The summed E-state index contributed by atoms with van der Waals surface area (Å²) in [5, 5.41) is 0. The van der Waals surface area contributed by atoms with E-state index in [1.54, 1.807) is 6.92 Å². The first-order valence-electron chi connectivity index (χ1n) is 4.88. The van der Waals surface area contributed by atoms with Gasteiger partial charge in [-0.05, 0) is 12.8 Å². The lowest BCUT2D eigenvalue weighted by atomic mass is 10.0. The van der Waals surface area contributed by atoms with E-state index in [0.29, 0.717) is 6.61 Å². The van der Waals surface area contributed by atoms with Gasteiger partial charge in [0, 0.05) is 6.92 Å². The van der Waals surface area contributed by atoms with E-state index in [1.165, 1.54) is 6.92 Å². The Morgan fingerprint density at radius 1 is 1.33 bits per heavy atom. The first-order chi connectivity index (χ1) is 6.90. The Labute approximate surface area is 98.4 Å². The van der Waals surface area contributed by atoms with E-state index in [2.05, 4.69) is 15.9 Å². The first kappa shape index (κ1) is 14.4. The summed E-state index contributed by atoms with van der Waals surface area (Å²) in [6.07, 6.45) is -0.499. The third-order valence-corrected chi connectivity index (χ3v) is 2.65. The summed E-state index contributed by atoms with van der Waals surface area (Å²) in [6, 6.07) is 0. The van der Waals surface area contributed by atoms with Crippen molar-refractivity contribution in [3.8, 4) is 0 Å². The van der Waals surface area contributed by atoms with Crippen molar-refractivity contribution >= 4 is 27.9 Å². The van der Waals surface area contributed by atoms with Crippen molar-refractivity contribution in [2.75, 3.05) is 6.61 Å². The summed E-state index contributed by atoms with van der Waals surface area (Å²) in [7, 11) is 0. The maximum Gasteiger partial charge on any atom is 0.323 e. The summed E-state index contributed by atoms with van der Waals surface area (Å²) < 4.78 is 9.89.